The minimum absolute atomic E-state index is 0.165. The van der Waals surface area contributed by atoms with Crippen molar-refractivity contribution < 1.29 is 19.7 Å². The van der Waals surface area contributed by atoms with Crippen molar-refractivity contribution in [3.63, 3.8) is 0 Å². The number of epoxide rings is 1. The van der Waals surface area contributed by atoms with Crippen molar-refractivity contribution in [1.82, 2.24) is 0 Å². The van der Waals surface area contributed by atoms with Crippen LogP contribution >= 0.6 is 0 Å². The Morgan fingerprint density at radius 2 is 1.43 bits per heavy atom. The third-order valence-electron chi connectivity index (χ3n) is 3.80. The molecule has 1 aliphatic rings. The van der Waals surface area contributed by atoms with Crippen molar-refractivity contribution in [2.24, 2.45) is 0 Å². The van der Waals surface area contributed by atoms with Gasteiger partial charge < -0.3 is 19.7 Å². The topological polar surface area (TPSA) is 62.2 Å². The van der Waals surface area contributed by atoms with E-state index in [-0.39, 0.29) is 17.6 Å². The van der Waals surface area contributed by atoms with E-state index in [4.69, 9.17) is 9.47 Å². The van der Waals surface area contributed by atoms with E-state index in [2.05, 4.69) is 0 Å². The SMILES string of the molecule is CC(OCC1CO1)(c1ccc(O)cc1)c1ccc(O)cc1. The first-order valence-electron chi connectivity index (χ1n) is 6.92. The van der Waals surface area contributed by atoms with Gasteiger partial charge in [-0.2, -0.15) is 0 Å². The highest BCUT2D eigenvalue weighted by molar-refractivity contribution is 5.40. The lowest BCUT2D eigenvalue weighted by atomic mass is 9.87. The maximum atomic E-state index is 9.46. The average molecular weight is 286 g/mol. The molecule has 0 radical (unpaired) electrons. The molecule has 4 nitrogen and oxygen atoms in total. The van der Waals surface area contributed by atoms with Crippen LogP contribution in [0.5, 0.6) is 11.5 Å². The molecule has 2 aromatic rings. The lowest BCUT2D eigenvalue weighted by Crippen LogP contribution is -2.29. The Kier molecular flexibility index (Phi) is 3.57. The van der Waals surface area contributed by atoms with Gasteiger partial charge in [0.25, 0.3) is 0 Å². The number of ether oxygens (including phenoxy) is 2. The van der Waals surface area contributed by atoms with Gasteiger partial charge in [0.05, 0.1) is 13.2 Å². The highest BCUT2D eigenvalue weighted by Crippen LogP contribution is 2.35. The summed E-state index contributed by atoms with van der Waals surface area (Å²) in [6, 6.07) is 13.9. The number of hydrogen-bond acceptors (Lipinski definition) is 4. The Bertz CT molecular complexity index is 554. The van der Waals surface area contributed by atoms with Crippen molar-refractivity contribution in [3.8, 4) is 11.5 Å². The van der Waals surface area contributed by atoms with Crippen molar-refractivity contribution >= 4 is 0 Å². The summed E-state index contributed by atoms with van der Waals surface area (Å²) >= 11 is 0. The van der Waals surface area contributed by atoms with Crippen LogP contribution in [0, 0.1) is 0 Å². The van der Waals surface area contributed by atoms with Crippen LogP contribution in [0.1, 0.15) is 18.1 Å². The Morgan fingerprint density at radius 1 is 1.00 bits per heavy atom. The number of aromatic hydroxyl groups is 2. The summed E-state index contributed by atoms with van der Waals surface area (Å²) in [4.78, 5) is 0. The third-order valence-corrected chi connectivity index (χ3v) is 3.80. The second-order valence-electron chi connectivity index (χ2n) is 5.39. The molecular weight excluding hydrogens is 268 g/mol. The monoisotopic (exact) mass is 286 g/mol. The molecule has 1 heterocycles. The zero-order valence-electron chi connectivity index (χ0n) is 11.8. The van der Waals surface area contributed by atoms with E-state index in [9.17, 15) is 10.2 Å². The van der Waals surface area contributed by atoms with Crippen LogP contribution in [0.25, 0.3) is 0 Å². The Hall–Kier alpha value is -2.04. The molecule has 0 spiro atoms. The van der Waals surface area contributed by atoms with Gasteiger partial charge >= 0.3 is 0 Å². The van der Waals surface area contributed by atoms with Crippen molar-refractivity contribution in [1.29, 1.82) is 0 Å². The van der Waals surface area contributed by atoms with Crippen LogP contribution < -0.4 is 0 Å². The summed E-state index contributed by atoms with van der Waals surface area (Å²) in [6.45, 7) is 3.23. The van der Waals surface area contributed by atoms with Gasteiger partial charge in [0.2, 0.25) is 0 Å². The molecule has 0 aliphatic carbocycles. The molecular formula is C17H18O4. The summed E-state index contributed by atoms with van der Waals surface area (Å²) < 4.78 is 11.3. The molecule has 0 amide bonds. The van der Waals surface area contributed by atoms with E-state index in [1.54, 1.807) is 24.3 Å². The fraction of sp³-hybridized carbons (Fsp3) is 0.294. The van der Waals surface area contributed by atoms with Crippen LogP contribution in [0.3, 0.4) is 0 Å². The molecule has 3 rings (SSSR count). The first-order valence-corrected chi connectivity index (χ1v) is 6.92. The zero-order valence-corrected chi connectivity index (χ0v) is 11.8. The number of hydrogen-bond donors (Lipinski definition) is 2. The van der Waals surface area contributed by atoms with Gasteiger partial charge in [-0.1, -0.05) is 24.3 Å². The molecule has 1 fully saturated rings. The van der Waals surface area contributed by atoms with Gasteiger partial charge in [0.1, 0.15) is 23.2 Å². The zero-order chi connectivity index (χ0) is 14.9. The number of benzene rings is 2. The molecule has 0 saturated carbocycles. The van der Waals surface area contributed by atoms with Gasteiger partial charge in [0.15, 0.2) is 0 Å². The van der Waals surface area contributed by atoms with Crippen molar-refractivity contribution in [2.45, 2.75) is 18.6 Å². The maximum absolute atomic E-state index is 9.46. The molecule has 0 aromatic heterocycles. The highest BCUT2D eigenvalue weighted by atomic mass is 16.6. The van der Waals surface area contributed by atoms with Crippen LogP contribution in [0.15, 0.2) is 48.5 Å². The fourth-order valence-corrected chi connectivity index (χ4v) is 2.32. The number of phenols is 2. The average Bonchev–Trinajstić information content (AvgIpc) is 3.30. The van der Waals surface area contributed by atoms with Gasteiger partial charge in [-0.3, -0.25) is 0 Å². The molecule has 1 aliphatic heterocycles. The number of rotatable bonds is 5. The Labute approximate surface area is 123 Å². The molecule has 1 atom stereocenters. The summed E-state index contributed by atoms with van der Waals surface area (Å²) in [6.07, 6.45) is 0.165. The second-order valence-corrected chi connectivity index (χ2v) is 5.39. The Morgan fingerprint density at radius 3 is 1.81 bits per heavy atom. The van der Waals surface area contributed by atoms with Gasteiger partial charge in [0, 0.05) is 0 Å². The third kappa shape index (κ3) is 3.01. The molecule has 2 aromatic carbocycles. The first kappa shape index (κ1) is 13.9. The van der Waals surface area contributed by atoms with Gasteiger partial charge in [-0.05, 0) is 42.3 Å². The molecule has 110 valence electrons. The molecule has 1 unspecified atom stereocenters. The molecule has 2 N–H and O–H groups in total. The molecule has 21 heavy (non-hydrogen) atoms. The molecule has 0 bridgehead atoms. The normalized spacial score (nSPS) is 17.7. The quantitative estimate of drug-likeness (QED) is 0.830. The van der Waals surface area contributed by atoms with Crippen LogP contribution in [0.4, 0.5) is 0 Å². The number of phenolic OH excluding ortho intramolecular Hbond substituents is 2. The van der Waals surface area contributed by atoms with E-state index < -0.39 is 5.60 Å². The van der Waals surface area contributed by atoms with E-state index >= 15 is 0 Å². The van der Waals surface area contributed by atoms with E-state index in [1.165, 1.54) is 0 Å². The van der Waals surface area contributed by atoms with E-state index in [1.807, 2.05) is 31.2 Å². The van der Waals surface area contributed by atoms with Crippen LogP contribution in [-0.2, 0) is 15.1 Å². The van der Waals surface area contributed by atoms with Gasteiger partial charge in [-0.15, -0.1) is 0 Å². The first-order chi connectivity index (χ1) is 10.1. The van der Waals surface area contributed by atoms with E-state index in [0.29, 0.717) is 6.61 Å². The van der Waals surface area contributed by atoms with E-state index in [0.717, 1.165) is 17.7 Å². The smallest absolute Gasteiger partial charge is 0.115 e. The molecule has 4 heteroatoms. The second kappa shape index (κ2) is 5.39. The standard InChI is InChI=1S/C17H18O4/c1-17(21-11-16-10-20-16,12-2-6-14(18)7-3-12)13-4-8-15(19)9-5-13/h2-9,16,18-19H,10-11H2,1H3. The van der Waals surface area contributed by atoms with Gasteiger partial charge in [-0.25, -0.2) is 0 Å². The fourth-order valence-electron chi connectivity index (χ4n) is 2.32. The minimum Gasteiger partial charge on any atom is -0.508 e. The highest BCUT2D eigenvalue weighted by Gasteiger charge is 2.33. The van der Waals surface area contributed by atoms with Crippen molar-refractivity contribution in [3.05, 3.63) is 59.7 Å². The summed E-state index contributed by atoms with van der Waals surface area (Å²) in [5.41, 5.74) is 1.21. The lowest BCUT2D eigenvalue weighted by molar-refractivity contribution is -0.0119. The maximum Gasteiger partial charge on any atom is 0.115 e. The minimum atomic E-state index is -0.659. The summed E-state index contributed by atoms with van der Waals surface area (Å²) in [7, 11) is 0. The largest absolute Gasteiger partial charge is 0.508 e. The predicted molar refractivity (Wildman–Crippen MR) is 78.4 cm³/mol. The lowest BCUT2D eigenvalue weighted by Gasteiger charge is -2.31. The van der Waals surface area contributed by atoms with Crippen molar-refractivity contribution in [2.75, 3.05) is 13.2 Å². The van der Waals surface area contributed by atoms with Crippen LogP contribution in [-0.4, -0.2) is 29.5 Å². The predicted octanol–water partition coefficient (Wildman–Crippen LogP) is 2.78. The summed E-state index contributed by atoms with van der Waals surface area (Å²) in [5, 5.41) is 18.9. The Balaban J connectivity index is 1.95. The van der Waals surface area contributed by atoms with Crippen LogP contribution in [0.2, 0.25) is 0 Å². The molecule has 1 saturated heterocycles. The summed E-state index contributed by atoms with van der Waals surface area (Å²) in [5.74, 6) is 0.440.